The smallest absolute Gasteiger partial charge is 0.240 e. The minimum absolute atomic E-state index is 0. The van der Waals surface area contributed by atoms with Crippen molar-refractivity contribution >= 4 is 30.7 Å². The van der Waals surface area contributed by atoms with E-state index in [4.69, 9.17) is 5.73 Å². The highest BCUT2D eigenvalue weighted by Crippen LogP contribution is 2.27. The maximum atomic E-state index is 11.9. The van der Waals surface area contributed by atoms with Crippen LogP contribution in [0.3, 0.4) is 0 Å². The number of halogens is 2. The molecule has 5 nitrogen and oxygen atoms in total. The van der Waals surface area contributed by atoms with Gasteiger partial charge in [0.15, 0.2) is 0 Å². The van der Waals surface area contributed by atoms with Crippen molar-refractivity contribution in [1.29, 1.82) is 0 Å². The van der Waals surface area contributed by atoms with Crippen LogP contribution in [0.5, 0.6) is 0 Å². The van der Waals surface area contributed by atoms with Crippen LogP contribution in [-0.4, -0.2) is 27.5 Å². The molecule has 0 atom stereocenters. The Balaban J connectivity index is 0.00000162. The molecule has 0 unspecified atom stereocenters. The summed E-state index contributed by atoms with van der Waals surface area (Å²) in [4.78, 5) is 16.1. The van der Waals surface area contributed by atoms with Crippen molar-refractivity contribution in [3.05, 3.63) is 18.2 Å². The third kappa shape index (κ3) is 4.37. The topological polar surface area (TPSA) is 72.9 Å². The molecule has 1 heterocycles. The number of rotatable bonds is 4. The van der Waals surface area contributed by atoms with Crippen LogP contribution in [0, 0.1) is 6.92 Å². The Kier molecular flexibility index (Phi) is 7.41. The molecule has 0 aliphatic heterocycles. The highest BCUT2D eigenvalue weighted by Gasteiger charge is 2.36. The Hall–Kier alpha value is -0.780. The van der Waals surface area contributed by atoms with E-state index >= 15 is 0 Å². The summed E-state index contributed by atoms with van der Waals surface area (Å²) in [5.74, 6) is 0.954. The normalized spacial score (nSPS) is 16.3. The minimum Gasteiger partial charge on any atom is -0.353 e. The summed E-state index contributed by atoms with van der Waals surface area (Å²) in [6.45, 7) is 3.30. The van der Waals surface area contributed by atoms with Crippen molar-refractivity contribution in [2.24, 2.45) is 5.73 Å². The van der Waals surface area contributed by atoms with E-state index in [0.717, 1.165) is 38.1 Å². The number of amides is 1. The molecule has 7 heteroatoms. The first-order valence-electron chi connectivity index (χ1n) is 6.17. The molecule has 1 saturated carbocycles. The van der Waals surface area contributed by atoms with Gasteiger partial charge >= 0.3 is 0 Å². The molecule has 0 bridgehead atoms. The van der Waals surface area contributed by atoms with Gasteiger partial charge in [-0.3, -0.25) is 4.79 Å². The van der Waals surface area contributed by atoms with Crippen LogP contribution in [0.1, 0.15) is 31.5 Å². The van der Waals surface area contributed by atoms with Gasteiger partial charge in [-0.15, -0.1) is 24.8 Å². The van der Waals surface area contributed by atoms with Crippen molar-refractivity contribution in [2.45, 2.75) is 44.7 Å². The first-order valence-corrected chi connectivity index (χ1v) is 6.17. The zero-order valence-electron chi connectivity index (χ0n) is 11.1. The number of imidazole rings is 1. The lowest BCUT2D eigenvalue weighted by Crippen LogP contribution is -2.52. The number of carbonyl (C=O) groups excluding carboxylic acids is 1. The van der Waals surface area contributed by atoms with Crippen molar-refractivity contribution in [3.8, 4) is 0 Å². The quantitative estimate of drug-likeness (QED) is 0.883. The summed E-state index contributed by atoms with van der Waals surface area (Å²) in [7, 11) is 0. The Morgan fingerprint density at radius 3 is 2.63 bits per heavy atom. The largest absolute Gasteiger partial charge is 0.353 e. The molecule has 1 aromatic rings. The molecule has 0 aromatic carbocycles. The monoisotopic (exact) mass is 308 g/mol. The van der Waals surface area contributed by atoms with Crippen LogP contribution in [-0.2, 0) is 11.3 Å². The van der Waals surface area contributed by atoms with Gasteiger partial charge in [-0.1, -0.05) is 12.8 Å². The lowest BCUT2D eigenvalue weighted by molar-refractivity contribution is -0.126. The van der Waals surface area contributed by atoms with Crippen molar-refractivity contribution in [2.75, 3.05) is 6.54 Å². The second kappa shape index (κ2) is 7.72. The van der Waals surface area contributed by atoms with Gasteiger partial charge in [0.25, 0.3) is 0 Å². The summed E-state index contributed by atoms with van der Waals surface area (Å²) in [6, 6.07) is 0. The van der Waals surface area contributed by atoms with E-state index in [-0.39, 0.29) is 30.7 Å². The molecule has 0 radical (unpaired) electrons. The minimum atomic E-state index is -0.621. The average Bonchev–Trinajstić information content (AvgIpc) is 2.89. The summed E-state index contributed by atoms with van der Waals surface area (Å²) >= 11 is 0. The predicted molar refractivity (Wildman–Crippen MR) is 79.9 cm³/mol. The zero-order chi connectivity index (χ0) is 12.3. The molecular weight excluding hydrogens is 287 g/mol. The highest BCUT2D eigenvalue weighted by molar-refractivity contribution is 5.86. The van der Waals surface area contributed by atoms with Gasteiger partial charge in [-0.05, 0) is 19.8 Å². The maximum Gasteiger partial charge on any atom is 0.240 e. The van der Waals surface area contributed by atoms with Crippen LogP contribution in [0.25, 0.3) is 0 Å². The molecule has 1 aliphatic rings. The molecule has 0 spiro atoms. The van der Waals surface area contributed by atoms with E-state index in [1.54, 1.807) is 6.20 Å². The van der Waals surface area contributed by atoms with Gasteiger partial charge in [0.1, 0.15) is 5.82 Å². The molecule has 110 valence electrons. The Bertz CT molecular complexity index is 402. The van der Waals surface area contributed by atoms with Gasteiger partial charge in [-0.25, -0.2) is 4.98 Å². The first kappa shape index (κ1) is 18.2. The fraction of sp³-hybridized carbons (Fsp3) is 0.667. The Labute approximate surface area is 126 Å². The summed E-state index contributed by atoms with van der Waals surface area (Å²) in [5, 5.41) is 2.92. The van der Waals surface area contributed by atoms with E-state index in [9.17, 15) is 4.79 Å². The summed E-state index contributed by atoms with van der Waals surface area (Å²) in [5.41, 5.74) is 5.44. The molecular formula is C12H22Cl2N4O. The van der Waals surface area contributed by atoms with Crippen molar-refractivity contribution in [3.63, 3.8) is 0 Å². The van der Waals surface area contributed by atoms with Crippen molar-refractivity contribution < 1.29 is 4.79 Å². The number of nitrogens with one attached hydrogen (secondary N) is 1. The highest BCUT2D eigenvalue weighted by atomic mass is 35.5. The molecule has 19 heavy (non-hydrogen) atoms. The second-order valence-electron chi connectivity index (χ2n) is 4.79. The van der Waals surface area contributed by atoms with Crippen LogP contribution in [0.15, 0.2) is 12.4 Å². The third-order valence-electron chi connectivity index (χ3n) is 3.51. The van der Waals surface area contributed by atoms with E-state index in [1.165, 1.54) is 0 Å². The van der Waals surface area contributed by atoms with Crippen molar-refractivity contribution in [1.82, 2.24) is 14.9 Å². The van der Waals surface area contributed by atoms with Gasteiger partial charge in [0.2, 0.25) is 5.91 Å². The lowest BCUT2D eigenvalue weighted by atomic mass is 9.98. The Morgan fingerprint density at radius 2 is 2.11 bits per heavy atom. The molecule has 1 fully saturated rings. The summed E-state index contributed by atoms with van der Waals surface area (Å²) < 4.78 is 2.01. The first-order chi connectivity index (χ1) is 8.12. The number of aryl methyl sites for hydroxylation is 1. The van der Waals surface area contributed by atoms with Crippen LogP contribution in [0.2, 0.25) is 0 Å². The number of aromatic nitrogens is 2. The van der Waals surface area contributed by atoms with Gasteiger partial charge in [0.05, 0.1) is 5.54 Å². The second-order valence-corrected chi connectivity index (χ2v) is 4.79. The lowest BCUT2D eigenvalue weighted by Gasteiger charge is -2.22. The zero-order valence-corrected chi connectivity index (χ0v) is 12.7. The van der Waals surface area contributed by atoms with E-state index < -0.39 is 5.54 Å². The van der Waals surface area contributed by atoms with Crippen LogP contribution < -0.4 is 11.1 Å². The molecule has 1 aromatic heterocycles. The number of nitrogens with zero attached hydrogens (tertiary/aromatic N) is 2. The molecule has 3 N–H and O–H groups in total. The number of carbonyl (C=O) groups is 1. The SMILES string of the molecule is Cc1nccn1CCNC(=O)C1(N)CCCC1.Cl.Cl. The Morgan fingerprint density at radius 1 is 1.47 bits per heavy atom. The van der Waals surface area contributed by atoms with E-state index in [1.807, 2.05) is 17.7 Å². The number of hydrogen-bond donors (Lipinski definition) is 2. The van der Waals surface area contributed by atoms with E-state index in [0.29, 0.717) is 6.54 Å². The number of hydrogen-bond acceptors (Lipinski definition) is 3. The van der Waals surface area contributed by atoms with Crippen LogP contribution >= 0.6 is 24.8 Å². The van der Waals surface area contributed by atoms with Gasteiger partial charge in [0, 0.05) is 25.5 Å². The van der Waals surface area contributed by atoms with E-state index in [2.05, 4.69) is 10.3 Å². The molecule has 1 amide bonds. The molecule has 2 rings (SSSR count). The molecule has 1 aliphatic carbocycles. The van der Waals surface area contributed by atoms with Gasteiger partial charge in [-0.2, -0.15) is 0 Å². The fourth-order valence-corrected chi connectivity index (χ4v) is 2.34. The third-order valence-corrected chi connectivity index (χ3v) is 3.51. The average molecular weight is 309 g/mol. The predicted octanol–water partition coefficient (Wildman–Crippen LogP) is 1.42. The molecule has 0 saturated heterocycles. The van der Waals surface area contributed by atoms with Crippen LogP contribution in [0.4, 0.5) is 0 Å². The number of nitrogens with two attached hydrogens (primary N) is 1. The maximum absolute atomic E-state index is 11.9. The fourth-order valence-electron chi connectivity index (χ4n) is 2.34. The summed E-state index contributed by atoms with van der Waals surface area (Å²) in [6.07, 6.45) is 7.41. The standard InChI is InChI=1S/C12H20N4O.2ClH/c1-10-14-6-8-16(10)9-7-15-11(17)12(13)4-2-3-5-12;;/h6,8H,2-5,7,9,13H2,1H3,(H,15,17);2*1H. The van der Waals surface area contributed by atoms with Gasteiger partial charge < -0.3 is 15.6 Å².